The third-order valence-electron chi connectivity index (χ3n) is 4.29. The number of sulfonamides is 1. The highest BCUT2D eigenvalue weighted by Gasteiger charge is 2.21. The molecule has 1 unspecified atom stereocenters. The first-order chi connectivity index (χ1) is 14.2. The van der Waals surface area contributed by atoms with Gasteiger partial charge in [0.15, 0.2) is 11.0 Å². The summed E-state index contributed by atoms with van der Waals surface area (Å²) in [4.78, 5) is 16.8. The number of aromatic nitrogens is 4. The van der Waals surface area contributed by atoms with Crippen LogP contribution in [0.3, 0.4) is 0 Å². The van der Waals surface area contributed by atoms with E-state index in [1.807, 2.05) is 19.2 Å². The zero-order chi connectivity index (χ0) is 21.9. The summed E-state index contributed by atoms with van der Waals surface area (Å²) in [6.07, 6.45) is 3.38. The van der Waals surface area contributed by atoms with Crippen LogP contribution in [-0.4, -0.2) is 57.7 Å². The molecule has 9 nitrogen and oxygen atoms in total. The Morgan fingerprint density at radius 2 is 1.97 bits per heavy atom. The van der Waals surface area contributed by atoms with Crippen molar-refractivity contribution in [1.82, 2.24) is 24.1 Å². The van der Waals surface area contributed by atoms with Crippen LogP contribution in [0.5, 0.6) is 0 Å². The number of carbonyl (C=O) groups is 1. The smallest absolute Gasteiger partial charge is 0.242 e. The first-order valence-electron chi connectivity index (χ1n) is 9.00. The van der Waals surface area contributed by atoms with Crippen molar-refractivity contribution in [3.05, 3.63) is 48.8 Å². The Bertz CT molecular complexity index is 1150. The number of anilines is 1. The maximum Gasteiger partial charge on any atom is 0.242 e. The van der Waals surface area contributed by atoms with Crippen molar-refractivity contribution >= 4 is 33.4 Å². The zero-order valence-electron chi connectivity index (χ0n) is 17.0. The molecule has 0 bridgehead atoms. The van der Waals surface area contributed by atoms with Crippen LogP contribution in [0.15, 0.2) is 58.8 Å². The fraction of sp³-hybridized carbons (Fsp3) is 0.263. The van der Waals surface area contributed by atoms with Gasteiger partial charge >= 0.3 is 0 Å². The van der Waals surface area contributed by atoms with E-state index < -0.39 is 15.3 Å². The zero-order valence-corrected chi connectivity index (χ0v) is 18.6. The predicted octanol–water partition coefficient (Wildman–Crippen LogP) is 2.25. The van der Waals surface area contributed by atoms with E-state index in [9.17, 15) is 13.2 Å². The summed E-state index contributed by atoms with van der Waals surface area (Å²) in [6, 6.07) is 9.86. The lowest BCUT2D eigenvalue weighted by molar-refractivity contribution is -0.115. The SMILES string of the molecule is CC(Sc1nnc(-c2cccnc2)n1C)C(=O)Nc1cccc(S(=O)(=O)N(C)C)c1. The molecule has 3 aromatic rings. The number of nitrogens with zero attached hydrogens (tertiary/aromatic N) is 5. The second-order valence-corrected chi connectivity index (χ2v) is 10.1. The molecule has 0 radical (unpaired) electrons. The molecule has 0 spiro atoms. The summed E-state index contributed by atoms with van der Waals surface area (Å²) in [6.45, 7) is 1.75. The van der Waals surface area contributed by atoms with Gasteiger partial charge in [-0.05, 0) is 37.3 Å². The van der Waals surface area contributed by atoms with Crippen molar-refractivity contribution in [3.8, 4) is 11.4 Å². The van der Waals surface area contributed by atoms with Crippen molar-refractivity contribution in [3.63, 3.8) is 0 Å². The van der Waals surface area contributed by atoms with Gasteiger partial charge in [-0.15, -0.1) is 10.2 Å². The molecule has 0 aliphatic rings. The van der Waals surface area contributed by atoms with Gasteiger partial charge in [-0.3, -0.25) is 9.78 Å². The van der Waals surface area contributed by atoms with Gasteiger partial charge in [0.25, 0.3) is 0 Å². The summed E-state index contributed by atoms with van der Waals surface area (Å²) in [7, 11) is 1.16. The highest BCUT2D eigenvalue weighted by molar-refractivity contribution is 8.00. The van der Waals surface area contributed by atoms with Crippen LogP contribution >= 0.6 is 11.8 Å². The molecule has 11 heteroatoms. The number of amides is 1. The van der Waals surface area contributed by atoms with E-state index in [4.69, 9.17) is 0 Å². The molecule has 0 fully saturated rings. The number of hydrogen-bond donors (Lipinski definition) is 1. The van der Waals surface area contributed by atoms with Crippen LogP contribution in [0.4, 0.5) is 5.69 Å². The van der Waals surface area contributed by atoms with Crippen molar-refractivity contribution in [2.24, 2.45) is 7.05 Å². The number of thioether (sulfide) groups is 1. The third kappa shape index (κ3) is 4.69. The van der Waals surface area contributed by atoms with E-state index in [0.717, 1.165) is 9.87 Å². The molecule has 1 atom stereocenters. The maximum absolute atomic E-state index is 12.6. The Labute approximate surface area is 179 Å². The van der Waals surface area contributed by atoms with Crippen LogP contribution in [0, 0.1) is 0 Å². The molecule has 30 heavy (non-hydrogen) atoms. The lowest BCUT2D eigenvalue weighted by Crippen LogP contribution is -2.24. The predicted molar refractivity (Wildman–Crippen MR) is 115 cm³/mol. The largest absolute Gasteiger partial charge is 0.325 e. The molecular weight excluding hydrogens is 424 g/mol. The number of carbonyl (C=O) groups excluding carboxylic acids is 1. The summed E-state index contributed by atoms with van der Waals surface area (Å²) in [5, 5.41) is 11.2. The minimum atomic E-state index is -3.58. The highest BCUT2D eigenvalue weighted by atomic mass is 32.2. The monoisotopic (exact) mass is 446 g/mol. The molecule has 2 aromatic heterocycles. The van der Waals surface area contributed by atoms with Gasteiger partial charge < -0.3 is 9.88 Å². The van der Waals surface area contributed by atoms with Gasteiger partial charge in [0.2, 0.25) is 15.9 Å². The molecule has 0 aliphatic carbocycles. The van der Waals surface area contributed by atoms with Gasteiger partial charge in [-0.2, -0.15) is 0 Å². The number of nitrogens with one attached hydrogen (secondary N) is 1. The van der Waals surface area contributed by atoms with E-state index in [1.54, 1.807) is 36.0 Å². The standard InChI is InChI=1S/C19H22N6O3S2/c1-13(29-19-23-22-17(25(19)4)14-7-6-10-20-12-14)18(26)21-15-8-5-9-16(11-15)30(27,28)24(2)3/h5-13H,1-4H3,(H,21,26). The summed E-state index contributed by atoms with van der Waals surface area (Å²) in [5.74, 6) is 0.380. The molecule has 0 aliphatic heterocycles. The summed E-state index contributed by atoms with van der Waals surface area (Å²) < 4.78 is 27.5. The molecule has 0 saturated carbocycles. The number of hydrogen-bond acceptors (Lipinski definition) is 7. The van der Waals surface area contributed by atoms with Crippen LogP contribution in [0.25, 0.3) is 11.4 Å². The second-order valence-electron chi connectivity index (χ2n) is 6.67. The van der Waals surface area contributed by atoms with Gasteiger partial charge in [-0.1, -0.05) is 17.8 Å². The fourth-order valence-corrected chi connectivity index (χ4v) is 4.33. The van der Waals surface area contributed by atoms with E-state index in [1.165, 1.54) is 38.0 Å². The maximum atomic E-state index is 12.6. The lowest BCUT2D eigenvalue weighted by Gasteiger charge is -2.14. The Morgan fingerprint density at radius 1 is 1.20 bits per heavy atom. The molecule has 1 amide bonds. The first kappa shape index (κ1) is 21.9. The Balaban J connectivity index is 1.71. The normalized spacial score (nSPS) is 12.7. The van der Waals surface area contributed by atoms with Crippen molar-refractivity contribution in [2.45, 2.75) is 22.2 Å². The molecule has 1 N–H and O–H groups in total. The van der Waals surface area contributed by atoms with E-state index in [0.29, 0.717) is 16.7 Å². The summed E-state index contributed by atoms with van der Waals surface area (Å²) in [5.41, 5.74) is 1.24. The van der Waals surface area contributed by atoms with E-state index in [-0.39, 0.29) is 10.8 Å². The molecule has 3 rings (SSSR count). The van der Waals surface area contributed by atoms with Crippen molar-refractivity contribution < 1.29 is 13.2 Å². The minimum absolute atomic E-state index is 0.111. The number of benzene rings is 1. The van der Waals surface area contributed by atoms with E-state index >= 15 is 0 Å². The Morgan fingerprint density at radius 3 is 2.63 bits per heavy atom. The van der Waals surface area contributed by atoms with Crippen LogP contribution in [-0.2, 0) is 21.9 Å². The second kappa shape index (κ2) is 8.94. The van der Waals surface area contributed by atoms with Gasteiger partial charge in [-0.25, -0.2) is 12.7 Å². The average molecular weight is 447 g/mol. The average Bonchev–Trinajstić information content (AvgIpc) is 3.08. The van der Waals surface area contributed by atoms with Crippen LogP contribution in [0.2, 0.25) is 0 Å². The van der Waals surface area contributed by atoms with Gasteiger partial charge in [0.1, 0.15) is 0 Å². The quantitative estimate of drug-likeness (QED) is 0.554. The van der Waals surface area contributed by atoms with E-state index in [2.05, 4.69) is 20.5 Å². The number of pyridine rings is 1. The summed E-state index contributed by atoms with van der Waals surface area (Å²) >= 11 is 1.26. The molecule has 158 valence electrons. The Hall–Kier alpha value is -2.76. The molecule has 2 heterocycles. The highest BCUT2D eigenvalue weighted by Crippen LogP contribution is 2.26. The molecular formula is C19H22N6O3S2. The molecule has 0 saturated heterocycles. The van der Waals surface area contributed by atoms with Crippen LogP contribution < -0.4 is 5.32 Å². The Kier molecular flexibility index (Phi) is 6.54. The van der Waals surface area contributed by atoms with Gasteiger partial charge in [0, 0.05) is 44.8 Å². The minimum Gasteiger partial charge on any atom is -0.325 e. The van der Waals surface area contributed by atoms with Crippen molar-refractivity contribution in [1.29, 1.82) is 0 Å². The van der Waals surface area contributed by atoms with Crippen LogP contribution in [0.1, 0.15) is 6.92 Å². The topological polar surface area (TPSA) is 110 Å². The lowest BCUT2D eigenvalue weighted by atomic mass is 10.3. The van der Waals surface area contributed by atoms with Gasteiger partial charge in [0.05, 0.1) is 10.1 Å². The third-order valence-corrected chi connectivity index (χ3v) is 7.23. The van der Waals surface area contributed by atoms with Crippen molar-refractivity contribution in [2.75, 3.05) is 19.4 Å². The first-order valence-corrected chi connectivity index (χ1v) is 11.3. The number of rotatable bonds is 7. The molecule has 1 aromatic carbocycles. The fourth-order valence-electron chi connectivity index (χ4n) is 2.56.